The maximum Gasteiger partial charge on any atom is 0.221 e. The van der Waals surface area contributed by atoms with Crippen LogP contribution >= 0.6 is 11.6 Å². The van der Waals surface area contributed by atoms with Crippen molar-refractivity contribution in [2.75, 3.05) is 5.75 Å². The molecule has 0 spiro atoms. The molecule has 0 aliphatic carbocycles. The molecule has 4 nitrogen and oxygen atoms in total. The van der Waals surface area contributed by atoms with Gasteiger partial charge in [-0.3, -0.25) is 4.79 Å². The van der Waals surface area contributed by atoms with Gasteiger partial charge in [0.15, 0.2) is 9.84 Å². The van der Waals surface area contributed by atoms with Crippen molar-refractivity contribution in [2.24, 2.45) is 0 Å². The third kappa shape index (κ3) is 5.68. The highest BCUT2D eigenvalue weighted by Crippen LogP contribution is 2.23. The normalized spacial score (nSPS) is 12.3. The third-order valence-corrected chi connectivity index (χ3v) is 6.60. The van der Waals surface area contributed by atoms with Crippen LogP contribution < -0.4 is 5.32 Å². The Morgan fingerprint density at radius 3 is 2.10 bits per heavy atom. The van der Waals surface area contributed by atoms with Crippen LogP contribution in [0.1, 0.15) is 29.2 Å². The van der Waals surface area contributed by atoms with Crippen LogP contribution in [0.3, 0.4) is 0 Å². The van der Waals surface area contributed by atoms with Gasteiger partial charge in [0.25, 0.3) is 0 Å². The van der Waals surface area contributed by atoms with E-state index < -0.39 is 9.84 Å². The average molecular weight is 428 g/mol. The lowest BCUT2D eigenvalue weighted by molar-refractivity contribution is -0.121. The molecule has 3 rings (SSSR count). The minimum absolute atomic E-state index is 0.125. The first-order valence-corrected chi connectivity index (χ1v) is 11.3. The number of carbonyl (C=O) groups is 1. The molecule has 29 heavy (non-hydrogen) atoms. The number of carbonyl (C=O) groups excluding carboxylic acids is 1. The minimum Gasteiger partial charge on any atom is -0.345 e. The van der Waals surface area contributed by atoms with Crippen LogP contribution in [0.25, 0.3) is 0 Å². The van der Waals surface area contributed by atoms with E-state index in [1.807, 2.05) is 61.5 Å². The van der Waals surface area contributed by atoms with Crippen molar-refractivity contribution in [3.05, 3.63) is 101 Å². The lowest BCUT2D eigenvalue weighted by Crippen LogP contribution is -2.30. The number of halogens is 1. The van der Waals surface area contributed by atoms with Crippen LogP contribution in [0.15, 0.2) is 83.8 Å². The van der Waals surface area contributed by atoms with E-state index in [-0.39, 0.29) is 29.0 Å². The summed E-state index contributed by atoms with van der Waals surface area (Å²) in [5, 5.41) is 3.44. The van der Waals surface area contributed by atoms with Crippen molar-refractivity contribution in [3.63, 3.8) is 0 Å². The predicted octanol–water partition coefficient (Wildman–Crippen LogP) is 4.72. The van der Waals surface area contributed by atoms with Crippen LogP contribution in [0.4, 0.5) is 0 Å². The molecule has 1 atom stereocenters. The quantitative estimate of drug-likeness (QED) is 0.593. The number of sulfone groups is 1. The molecule has 6 heteroatoms. The molecule has 0 saturated carbocycles. The molecule has 1 amide bonds. The van der Waals surface area contributed by atoms with E-state index in [4.69, 9.17) is 11.6 Å². The number of amides is 1. The molecule has 1 N–H and O–H groups in total. The largest absolute Gasteiger partial charge is 0.345 e. The van der Waals surface area contributed by atoms with E-state index >= 15 is 0 Å². The molecule has 0 heterocycles. The van der Waals surface area contributed by atoms with Gasteiger partial charge < -0.3 is 5.32 Å². The molecule has 0 saturated heterocycles. The molecule has 0 aliphatic rings. The molecule has 150 valence electrons. The highest BCUT2D eigenvalue weighted by Gasteiger charge is 2.20. The second kappa shape index (κ2) is 9.25. The summed E-state index contributed by atoms with van der Waals surface area (Å²) in [6.07, 6.45) is -0.125. The van der Waals surface area contributed by atoms with Gasteiger partial charge in [0.1, 0.15) is 0 Å². The van der Waals surface area contributed by atoms with Gasteiger partial charge >= 0.3 is 0 Å². The summed E-state index contributed by atoms with van der Waals surface area (Å²) in [5.74, 6) is -0.590. The Morgan fingerprint density at radius 1 is 0.897 bits per heavy atom. The highest BCUT2D eigenvalue weighted by molar-refractivity contribution is 7.91. The van der Waals surface area contributed by atoms with Gasteiger partial charge in [-0.05, 0) is 42.3 Å². The van der Waals surface area contributed by atoms with Crippen molar-refractivity contribution in [1.29, 1.82) is 0 Å². The number of hydrogen-bond acceptors (Lipinski definition) is 3. The molecule has 3 aromatic rings. The zero-order chi connectivity index (χ0) is 20.9. The first kappa shape index (κ1) is 21.1. The molecule has 0 aromatic heterocycles. The van der Waals surface area contributed by atoms with Crippen molar-refractivity contribution in [1.82, 2.24) is 5.32 Å². The summed E-state index contributed by atoms with van der Waals surface area (Å²) < 4.78 is 25.0. The molecule has 0 bridgehead atoms. The van der Waals surface area contributed by atoms with Gasteiger partial charge in [-0.25, -0.2) is 8.42 Å². The van der Waals surface area contributed by atoms with E-state index in [2.05, 4.69) is 5.32 Å². The Bertz CT molecular complexity index is 1060. The lowest BCUT2D eigenvalue weighted by Gasteiger charge is -2.20. The fraction of sp³-hybridized carbons (Fsp3) is 0.174. The Labute approximate surface area is 176 Å². The molecular formula is C23H22ClNO3S. The second-order valence-electron chi connectivity index (χ2n) is 6.84. The van der Waals surface area contributed by atoms with E-state index in [0.717, 1.165) is 16.7 Å². The second-order valence-corrected chi connectivity index (χ2v) is 9.39. The number of benzene rings is 3. The van der Waals surface area contributed by atoms with E-state index in [9.17, 15) is 13.2 Å². The van der Waals surface area contributed by atoms with Gasteiger partial charge in [-0.15, -0.1) is 0 Å². The first-order valence-electron chi connectivity index (χ1n) is 9.24. The molecule has 0 radical (unpaired) electrons. The predicted molar refractivity (Wildman–Crippen MR) is 116 cm³/mol. The van der Waals surface area contributed by atoms with Crippen molar-refractivity contribution in [3.8, 4) is 0 Å². The van der Waals surface area contributed by atoms with Crippen molar-refractivity contribution >= 4 is 27.3 Å². The number of nitrogens with one attached hydrogen (secondary N) is 1. The van der Waals surface area contributed by atoms with Crippen molar-refractivity contribution < 1.29 is 13.2 Å². The topological polar surface area (TPSA) is 63.2 Å². The van der Waals surface area contributed by atoms with Crippen LogP contribution in [-0.2, 0) is 14.6 Å². The first-order chi connectivity index (χ1) is 13.8. The Morgan fingerprint density at radius 2 is 1.48 bits per heavy atom. The maximum absolute atomic E-state index is 12.6. The zero-order valence-corrected chi connectivity index (χ0v) is 17.6. The minimum atomic E-state index is -3.56. The zero-order valence-electron chi connectivity index (χ0n) is 16.0. The SMILES string of the molecule is Cc1ccc(C(NC(=O)CCS(=O)(=O)c2ccc(Cl)cc2)c2ccccc2)cc1. The van der Waals surface area contributed by atoms with E-state index in [0.29, 0.717) is 5.02 Å². The van der Waals surface area contributed by atoms with Crippen LogP contribution in [-0.4, -0.2) is 20.1 Å². The summed E-state index contributed by atoms with van der Waals surface area (Å²) >= 11 is 5.81. The summed E-state index contributed by atoms with van der Waals surface area (Å²) in [7, 11) is -3.56. The smallest absolute Gasteiger partial charge is 0.221 e. The Kier molecular flexibility index (Phi) is 6.72. The summed E-state index contributed by atoms with van der Waals surface area (Å²) in [5.41, 5.74) is 3.00. The van der Waals surface area contributed by atoms with Gasteiger partial charge in [-0.1, -0.05) is 71.8 Å². The van der Waals surface area contributed by atoms with Gasteiger partial charge in [0.05, 0.1) is 16.7 Å². The number of aryl methyl sites for hydroxylation is 1. The molecule has 3 aromatic carbocycles. The summed E-state index contributed by atoms with van der Waals surface area (Å²) in [4.78, 5) is 12.8. The molecular weight excluding hydrogens is 406 g/mol. The standard InChI is InChI=1S/C23H22ClNO3S/c1-17-7-9-19(10-8-17)23(18-5-3-2-4-6-18)25-22(26)15-16-29(27,28)21-13-11-20(24)12-14-21/h2-14,23H,15-16H2,1H3,(H,25,26). The molecule has 0 fully saturated rings. The highest BCUT2D eigenvalue weighted by atomic mass is 35.5. The van der Waals surface area contributed by atoms with E-state index in [1.165, 1.54) is 24.3 Å². The van der Waals surface area contributed by atoms with Gasteiger partial charge in [0, 0.05) is 11.4 Å². The fourth-order valence-electron chi connectivity index (χ4n) is 2.98. The summed E-state index contributed by atoms with van der Waals surface area (Å²) in [6, 6.07) is 23.1. The van der Waals surface area contributed by atoms with Gasteiger partial charge in [0.2, 0.25) is 5.91 Å². The van der Waals surface area contributed by atoms with E-state index in [1.54, 1.807) is 0 Å². The van der Waals surface area contributed by atoms with Crippen LogP contribution in [0.5, 0.6) is 0 Å². The van der Waals surface area contributed by atoms with Crippen molar-refractivity contribution in [2.45, 2.75) is 24.3 Å². The average Bonchev–Trinajstić information content (AvgIpc) is 2.72. The van der Waals surface area contributed by atoms with Gasteiger partial charge in [-0.2, -0.15) is 0 Å². The number of hydrogen-bond donors (Lipinski definition) is 1. The maximum atomic E-state index is 12.6. The lowest BCUT2D eigenvalue weighted by atomic mass is 9.97. The Hall–Kier alpha value is -2.63. The number of rotatable bonds is 7. The third-order valence-electron chi connectivity index (χ3n) is 4.62. The molecule has 1 unspecified atom stereocenters. The Balaban J connectivity index is 1.73. The van der Waals surface area contributed by atoms with Crippen LogP contribution in [0, 0.1) is 6.92 Å². The summed E-state index contributed by atoms with van der Waals surface area (Å²) in [6.45, 7) is 2.00. The fourth-order valence-corrected chi connectivity index (χ4v) is 4.35. The molecule has 0 aliphatic heterocycles. The van der Waals surface area contributed by atoms with Crippen LogP contribution in [0.2, 0.25) is 5.02 Å². The monoisotopic (exact) mass is 427 g/mol.